The minimum Gasteiger partial charge on any atom is -0.460 e. The minimum atomic E-state index is -0.363. The van der Waals surface area contributed by atoms with Gasteiger partial charge in [-0.1, -0.05) is 24.3 Å². The molecule has 3 atom stereocenters. The van der Waals surface area contributed by atoms with Gasteiger partial charge in [0.05, 0.1) is 30.1 Å². The highest BCUT2D eigenvalue weighted by Gasteiger charge is 2.43. The number of carbonyl (C=O) groups excluding carboxylic acids is 2. The van der Waals surface area contributed by atoms with E-state index in [1.807, 2.05) is 42.2 Å². The van der Waals surface area contributed by atoms with Gasteiger partial charge in [0.2, 0.25) is 11.8 Å². The number of halogens is 1. The van der Waals surface area contributed by atoms with Gasteiger partial charge < -0.3 is 29.2 Å². The molecule has 3 aliphatic heterocycles. The number of fused-ring (bicyclic) bond motifs is 3. The number of likely N-dealkylation sites (N-methyl/N-ethyl adjacent to an activating group) is 1. The van der Waals surface area contributed by atoms with Gasteiger partial charge in [0.1, 0.15) is 23.0 Å². The Morgan fingerprint density at radius 1 is 1.20 bits per heavy atom. The molecular formula is C32H38ClN7O4. The molecule has 0 bridgehead atoms. The molecule has 5 heterocycles. The fourth-order valence-electron chi connectivity index (χ4n) is 6.42. The van der Waals surface area contributed by atoms with Crippen LogP contribution in [0.4, 0.5) is 5.82 Å². The van der Waals surface area contributed by atoms with Crippen LogP contribution < -0.4 is 10.2 Å². The number of amides is 2. The molecule has 6 rings (SSSR count). The zero-order chi connectivity index (χ0) is 31.0. The molecular weight excluding hydrogens is 582 g/mol. The van der Waals surface area contributed by atoms with E-state index >= 15 is 0 Å². The first-order valence-electron chi connectivity index (χ1n) is 15.2. The first-order chi connectivity index (χ1) is 21.3. The monoisotopic (exact) mass is 619 g/mol. The van der Waals surface area contributed by atoms with Gasteiger partial charge in [-0.15, -0.1) is 18.2 Å². The van der Waals surface area contributed by atoms with Gasteiger partial charge in [-0.3, -0.25) is 9.59 Å². The van der Waals surface area contributed by atoms with Crippen LogP contribution in [0.3, 0.4) is 0 Å². The molecule has 2 aromatic heterocycles. The molecule has 11 nitrogen and oxygen atoms in total. The van der Waals surface area contributed by atoms with Crippen molar-refractivity contribution in [3.05, 3.63) is 54.5 Å². The number of nitrogens with zero attached hydrogens (tertiary/aromatic N) is 6. The highest BCUT2D eigenvalue weighted by atomic mass is 35.5. The van der Waals surface area contributed by atoms with Crippen molar-refractivity contribution >= 4 is 57.3 Å². The number of aromatic nitrogens is 2. The van der Waals surface area contributed by atoms with E-state index < -0.39 is 0 Å². The summed E-state index contributed by atoms with van der Waals surface area (Å²) in [6.07, 6.45) is 5.96. The number of aliphatic imine (C=N–C) groups is 1. The average Bonchev–Trinajstić information content (AvgIpc) is 3.76. The van der Waals surface area contributed by atoms with Gasteiger partial charge in [0.25, 0.3) is 6.02 Å². The molecule has 1 aromatic carbocycles. The van der Waals surface area contributed by atoms with Crippen molar-refractivity contribution in [3.8, 4) is 0 Å². The number of furan rings is 1. The Morgan fingerprint density at radius 2 is 1.98 bits per heavy atom. The lowest BCUT2D eigenvalue weighted by atomic mass is 9.99. The fraction of sp³-hybridized carbons (Fsp3) is 0.469. The molecule has 0 radical (unpaired) electrons. The zero-order valence-corrected chi connectivity index (χ0v) is 26.1. The Bertz CT molecular complexity index is 1640. The summed E-state index contributed by atoms with van der Waals surface area (Å²) in [6, 6.07) is 8.21. The molecule has 1 N–H and O–H groups in total. The van der Waals surface area contributed by atoms with Gasteiger partial charge in [0.15, 0.2) is 11.4 Å². The van der Waals surface area contributed by atoms with Crippen molar-refractivity contribution in [1.82, 2.24) is 25.1 Å². The standard InChI is InChI=1S/C32H38ClN7O4/c1-5-23(33)29-24(6-2)35-32(40(29)20-11-14-38(15-12-20)19(3)41)43-21-13-16-39(18-21)31-30-28(22-9-7-8-10-25(22)44-30)36-26(37-31)17-27(42)34-4/h5-10,20-21,23,29H,1,11-18H2,2-4H3,(H,34,42)/b24-6+/t21-,23?,29?/m0/s1. The van der Waals surface area contributed by atoms with E-state index in [0.29, 0.717) is 54.9 Å². The number of carbonyl (C=O) groups is 2. The van der Waals surface area contributed by atoms with E-state index in [1.165, 1.54) is 0 Å². The third kappa shape index (κ3) is 5.60. The lowest BCUT2D eigenvalue weighted by Gasteiger charge is -2.41. The Morgan fingerprint density at radius 3 is 2.68 bits per heavy atom. The number of benzene rings is 1. The lowest BCUT2D eigenvalue weighted by molar-refractivity contribution is -0.130. The second-order valence-electron chi connectivity index (χ2n) is 11.4. The molecule has 3 aliphatic rings. The number of amidine groups is 1. The maximum Gasteiger partial charge on any atom is 0.293 e. The Labute approximate surface area is 261 Å². The van der Waals surface area contributed by atoms with Crippen molar-refractivity contribution in [2.24, 2.45) is 4.99 Å². The number of piperidine rings is 1. The molecule has 2 unspecified atom stereocenters. The molecule has 0 spiro atoms. The van der Waals surface area contributed by atoms with Gasteiger partial charge in [-0.05, 0) is 31.9 Å². The van der Waals surface area contributed by atoms with E-state index in [2.05, 4.69) is 21.7 Å². The Balaban J connectivity index is 1.27. The third-order valence-corrected chi connectivity index (χ3v) is 9.15. The summed E-state index contributed by atoms with van der Waals surface area (Å²) in [4.78, 5) is 44.9. The zero-order valence-electron chi connectivity index (χ0n) is 25.3. The molecule has 232 valence electrons. The quantitative estimate of drug-likeness (QED) is 0.312. The van der Waals surface area contributed by atoms with Crippen molar-refractivity contribution in [1.29, 1.82) is 0 Å². The average molecular weight is 620 g/mol. The van der Waals surface area contributed by atoms with Crippen molar-refractivity contribution in [2.75, 3.05) is 38.1 Å². The first-order valence-corrected chi connectivity index (χ1v) is 15.6. The minimum absolute atomic E-state index is 0.0668. The van der Waals surface area contributed by atoms with Crippen molar-refractivity contribution in [3.63, 3.8) is 0 Å². The van der Waals surface area contributed by atoms with Crippen LogP contribution in [0.1, 0.15) is 38.9 Å². The van der Waals surface area contributed by atoms with Crippen LogP contribution in [0.15, 0.2) is 58.1 Å². The van der Waals surface area contributed by atoms with E-state index in [-0.39, 0.29) is 41.8 Å². The number of hydrogen-bond acceptors (Lipinski definition) is 9. The Hall–Kier alpha value is -4.12. The predicted molar refractivity (Wildman–Crippen MR) is 171 cm³/mol. The van der Waals surface area contributed by atoms with Gasteiger partial charge in [0, 0.05) is 51.5 Å². The lowest BCUT2D eigenvalue weighted by Crippen LogP contribution is -2.53. The number of allylic oxidation sites excluding steroid dienone is 1. The largest absolute Gasteiger partial charge is 0.460 e. The number of ether oxygens (including phenoxy) is 1. The van der Waals surface area contributed by atoms with E-state index in [1.54, 1.807) is 20.0 Å². The molecule has 0 aliphatic carbocycles. The maximum atomic E-state index is 12.3. The molecule has 2 saturated heterocycles. The van der Waals surface area contributed by atoms with E-state index in [9.17, 15) is 9.59 Å². The summed E-state index contributed by atoms with van der Waals surface area (Å²) in [5.74, 6) is 1.02. The fourth-order valence-corrected chi connectivity index (χ4v) is 6.67. The van der Waals surface area contributed by atoms with Crippen LogP contribution in [0.25, 0.3) is 22.1 Å². The van der Waals surface area contributed by atoms with Gasteiger partial charge in [-0.2, -0.15) is 0 Å². The van der Waals surface area contributed by atoms with Crippen molar-refractivity contribution in [2.45, 2.75) is 63.1 Å². The number of likely N-dealkylation sites (tertiary alicyclic amines) is 1. The highest BCUT2D eigenvalue weighted by Crippen LogP contribution is 2.37. The number of rotatable bonds is 7. The highest BCUT2D eigenvalue weighted by molar-refractivity contribution is 6.22. The predicted octanol–water partition coefficient (Wildman–Crippen LogP) is 4.01. The molecule has 3 aromatic rings. The van der Waals surface area contributed by atoms with Crippen LogP contribution >= 0.6 is 11.6 Å². The molecule has 12 heteroatoms. The van der Waals surface area contributed by atoms with Crippen molar-refractivity contribution < 1.29 is 18.7 Å². The summed E-state index contributed by atoms with van der Waals surface area (Å²) in [5, 5.41) is 3.18. The van der Waals surface area contributed by atoms with E-state index in [4.69, 9.17) is 35.7 Å². The number of hydrogen-bond donors (Lipinski definition) is 1. The van der Waals surface area contributed by atoms with Gasteiger partial charge in [-0.25, -0.2) is 15.0 Å². The second kappa shape index (κ2) is 12.5. The van der Waals surface area contributed by atoms with Crippen LogP contribution in [0, 0.1) is 0 Å². The van der Waals surface area contributed by atoms with Crippen LogP contribution in [0.5, 0.6) is 0 Å². The maximum absolute atomic E-state index is 12.3. The number of para-hydroxylation sites is 1. The van der Waals surface area contributed by atoms with Gasteiger partial charge >= 0.3 is 0 Å². The summed E-state index contributed by atoms with van der Waals surface area (Å²) < 4.78 is 12.9. The first kappa shape index (κ1) is 29.9. The molecule has 44 heavy (non-hydrogen) atoms. The van der Waals surface area contributed by atoms with Crippen LogP contribution in [-0.2, 0) is 20.7 Å². The second-order valence-corrected chi connectivity index (χ2v) is 11.9. The summed E-state index contributed by atoms with van der Waals surface area (Å²) in [7, 11) is 1.60. The molecule has 2 amide bonds. The van der Waals surface area contributed by atoms with Crippen LogP contribution in [-0.4, -0.2) is 94.4 Å². The third-order valence-electron chi connectivity index (χ3n) is 8.74. The summed E-state index contributed by atoms with van der Waals surface area (Å²) >= 11 is 6.82. The van der Waals surface area contributed by atoms with E-state index in [0.717, 1.165) is 35.9 Å². The topological polar surface area (TPSA) is 116 Å². The molecule has 0 saturated carbocycles. The number of nitrogens with one attached hydrogen (secondary N) is 1. The summed E-state index contributed by atoms with van der Waals surface area (Å²) in [5.41, 5.74) is 2.85. The summed E-state index contributed by atoms with van der Waals surface area (Å²) in [6.45, 7) is 10.1. The Kier molecular flexibility index (Phi) is 8.48. The van der Waals surface area contributed by atoms with Crippen LogP contribution in [0.2, 0.25) is 0 Å². The smallest absolute Gasteiger partial charge is 0.293 e. The number of alkyl halides is 1. The number of anilines is 1. The normalized spacial score (nSPS) is 22.6. The SMILES string of the molecule is C=CC(Cl)C1/C(=C\C)N=C(O[C@H]2CCN(c3nc(CC(=O)NC)nc4c3oc3ccccc34)C2)N1C1CCN(C(C)=O)CC1. The molecule has 2 fully saturated rings.